The van der Waals surface area contributed by atoms with Crippen molar-refractivity contribution in [3.63, 3.8) is 0 Å². The number of rotatable bonds is 3. The lowest BCUT2D eigenvalue weighted by molar-refractivity contribution is 0.0600. The Morgan fingerprint density at radius 1 is 1.56 bits per heavy atom. The number of hydrogen-bond acceptors (Lipinski definition) is 4. The van der Waals surface area contributed by atoms with Gasteiger partial charge < -0.3 is 15.0 Å². The van der Waals surface area contributed by atoms with Crippen LogP contribution >= 0.6 is 0 Å². The van der Waals surface area contributed by atoms with Crippen LogP contribution in [0.2, 0.25) is 0 Å². The van der Waals surface area contributed by atoms with Crippen molar-refractivity contribution in [2.24, 2.45) is 0 Å². The molecule has 2 rings (SSSR count). The molecule has 0 bridgehead atoms. The van der Waals surface area contributed by atoms with Gasteiger partial charge in [0.25, 0.3) is 0 Å². The summed E-state index contributed by atoms with van der Waals surface area (Å²) in [4.78, 5) is 13.6. The normalized spacial score (nSPS) is 19.8. The third kappa shape index (κ3) is 2.79. The summed E-state index contributed by atoms with van der Waals surface area (Å²) in [5, 5.41) is 3.13. The lowest BCUT2D eigenvalue weighted by Gasteiger charge is -2.15. The van der Waals surface area contributed by atoms with E-state index in [-0.39, 0.29) is 11.9 Å². The number of nitrogens with zero attached hydrogens (tertiary/aromatic N) is 1. The molecule has 1 aromatic rings. The molecule has 1 unspecified atom stereocenters. The van der Waals surface area contributed by atoms with Crippen molar-refractivity contribution < 1.29 is 13.9 Å². The van der Waals surface area contributed by atoms with Crippen LogP contribution in [0, 0.1) is 5.82 Å². The summed E-state index contributed by atoms with van der Waals surface area (Å²) in [5.74, 6) is -0.807. The Balaban J connectivity index is 2.13. The van der Waals surface area contributed by atoms with E-state index >= 15 is 0 Å². The maximum absolute atomic E-state index is 13.7. The summed E-state index contributed by atoms with van der Waals surface area (Å²) in [6.07, 6.45) is 0.971. The number of hydrogen-bond donors (Lipinski definition) is 1. The number of halogens is 1. The van der Waals surface area contributed by atoms with Crippen LogP contribution in [-0.4, -0.2) is 44.2 Å². The van der Waals surface area contributed by atoms with Gasteiger partial charge in [-0.2, -0.15) is 0 Å². The molecule has 0 amide bonds. The number of carbonyl (C=O) groups excluding carboxylic acids is 1. The van der Waals surface area contributed by atoms with E-state index in [1.54, 1.807) is 0 Å². The van der Waals surface area contributed by atoms with E-state index in [0.717, 1.165) is 19.5 Å². The highest BCUT2D eigenvalue weighted by atomic mass is 19.1. The zero-order valence-electron chi connectivity index (χ0n) is 10.6. The van der Waals surface area contributed by atoms with Crippen LogP contribution in [0.3, 0.4) is 0 Å². The van der Waals surface area contributed by atoms with Crippen molar-refractivity contribution >= 4 is 11.7 Å². The minimum Gasteiger partial charge on any atom is -0.465 e. The van der Waals surface area contributed by atoms with Gasteiger partial charge in [0.15, 0.2) is 0 Å². The molecule has 18 heavy (non-hydrogen) atoms. The number of likely N-dealkylation sites (tertiary alicyclic amines) is 1. The summed E-state index contributed by atoms with van der Waals surface area (Å²) in [6, 6.07) is 4.43. The molecule has 0 aliphatic carbocycles. The Morgan fingerprint density at radius 2 is 2.33 bits per heavy atom. The van der Waals surface area contributed by atoms with Crippen LogP contribution in [0.1, 0.15) is 16.8 Å². The van der Waals surface area contributed by atoms with E-state index in [2.05, 4.69) is 15.0 Å². The first-order chi connectivity index (χ1) is 8.60. The Hall–Kier alpha value is -1.62. The second kappa shape index (κ2) is 5.35. The average molecular weight is 252 g/mol. The number of methoxy groups -OCH3 is 1. The Morgan fingerprint density at radius 3 is 2.94 bits per heavy atom. The molecule has 98 valence electrons. The van der Waals surface area contributed by atoms with E-state index in [1.165, 1.54) is 25.3 Å². The SMILES string of the molecule is COC(=O)c1ccc(F)c(NC2CCN(C)C2)c1. The largest absolute Gasteiger partial charge is 0.465 e. The summed E-state index contributed by atoms with van der Waals surface area (Å²) in [6.45, 7) is 1.87. The highest BCUT2D eigenvalue weighted by Crippen LogP contribution is 2.20. The number of esters is 1. The van der Waals surface area contributed by atoms with Gasteiger partial charge in [-0.25, -0.2) is 9.18 Å². The quantitative estimate of drug-likeness (QED) is 0.832. The molecule has 1 N–H and O–H groups in total. The van der Waals surface area contributed by atoms with E-state index in [0.29, 0.717) is 11.3 Å². The van der Waals surface area contributed by atoms with Crippen LogP contribution in [0.25, 0.3) is 0 Å². The van der Waals surface area contributed by atoms with Crippen LogP contribution in [0.4, 0.5) is 10.1 Å². The van der Waals surface area contributed by atoms with Crippen molar-refractivity contribution in [3.8, 4) is 0 Å². The lowest BCUT2D eigenvalue weighted by Crippen LogP contribution is -2.24. The molecule has 1 aliphatic heterocycles. The zero-order valence-corrected chi connectivity index (χ0v) is 10.6. The second-order valence-electron chi connectivity index (χ2n) is 4.58. The van der Waals surface area contributed by atoms with Crippen molar-refractivity contribution in [2.75, 3.05) is 32.6 Å². The van der Waals surface area contributed by atoms with Gasteiger partial charge in [-0.3, -0.25) is 0 Å². The van der Waals surface area contributed by atoms with Gasteiger partial charge in [0.05, 0.1) is 18.4 Å². The van der Waals surface area contributed by atoms with Crippen LogP contribution in [-0.2, 0) is 4.74 Å². The second-order valence-corrected chi connectivity index (χ2v) is 4.58. The molecular formula is C13H17FN2O2. The Bertz CT molecular complexity index is 451. The van der Waals surface area contributed by atoms with Crippen molar-refractivity contribution in [2.45, 2.75) is 12.5 Å². The van der Waals surface area contributed by atoms with Crippen molar-refractivity contribution in [1.29, 1.82) is 0 Å². The van der Waals surface area contributed by atoms with Crippen molar-refractivity contribution in [3.05, 3.63) is 29.6 Å². The monoisotopic (exact) mass is 252 g/mol. The van der Waals surface area contributed by atoms with Gasteiger partial charge in [-0.15, -0.1) is 0 Å². The maximum atomic E-state index is 13.7. The summed E-state index contributed by atoms with van der Waals surface area (Å²) in [5.41, 5.74) is 0.714. The van der Waals surface area contributed by atoms with E-state index < -0.39 is 5.97 Å². The standard InChI is InChI=1S/C13H17FN2O2/c1-16-6-5-10(8-16)15-12-7-9(13(17)18-2)3-4-11(12)14/h3-4,7,10,15H,5-6,8H2,1-2H3. The third-order valence-corrected chi connectivity index (χ3v) is 3.14. The molecular weight excluding hydrogens is 235 g/mol. The lowest BCUT2D eigenvalue weighted by atomic mass is 10.1. The van der Waals surface area contributed by atoms with Gasteiger partial charge in [0, 0.05) is 12.6 Å². The smallest absolute Gasteiger partial charge is 0.337 e. The third-order valence-electron chi connectivity index (χ3n) is 3.14. The first kappa shape index (κ1) is 12.8. The zero-order chi connectivity index (χ0) is 13.1. The number of ether oxygens (including phenoxy) is 1. The molecule has 5 heteroatoms. The number of carbonyl (C=O) groups is 1. The van der Waals surface area contributed by atoms with Crippen LogP contribution < -0.4 is 5.32 Å². The highest BCUT2D eigenvalue weighted by Gasteiger charge is 2.20. The fraction of sp³-hybridized carbons (Fsp3) is 0.462. The fourth-order valence-corrected chi connectivity index (χ4v) is 2.15. The van der Waals surface area contributed by atoms with Crippen LogP contribution in [0.15, 0.2) is 18.2 Å². The van der Waals surface area contributed by atoms with Gasteiger partial charge in [-0.1, -0.05) is 0 Å². The topological polar surface area (TPSA) is 41.6 Å². The minimum absolute atomic E-state index is 0.220. The van der Waals surface area contributed by atoms with E-state index in [1.807, 2.05) is 7.05 Å². The first-order valence-electron chi connectivity index (χ1n) is 5.93. The molecule has 1 aliphatic rings. The number of likely N-dealkylation sites (N-methyl/N-ethyl adjacent to an activating group) is 1. The minimum atomic E-state index is -0.457. The Labute approximate surface area is 106 Å². The number of nitrogens with one attached hydrogen (secondary N) is 1. The molecule has 0 radical (unpaired) electrons. The molecule has 1 fully saturated rings. The highest BCUT2D eigenvalue weighted by molar-refractivity contribution is 5.90. The molecule has 0 saturated carbocycles. The van der Waals surface area contributed by atoms with Gasteiger partial charge >= 0.3 is 5.97 Å². The molecule has 0 aromatic heterocycles. The average Bonchev–Trinajstić information content (AvgIpc) is 2.76. The van der Waals surface area contributed by atoms with Gasteiger partial charge in [0.2, 0.25) is 0 Å². The van der Waals surface area contributed by atoms with E-state index in [9.17, 15) is 9.18 Å². The number of anilines is 1. The first-order valence-corrected chi connectivity index (χ1v) is 5.93. The van der Waals surface area contributed by atoms with Gasteiger partial charge in [0.1, 0.15) is 5.82 Å². The van der Waals surface area contributed by atoms with E-state index in [4.69, 9.17) is 0 Å². The molecule has 1 atom stereocenters. The van der Waals surface area contributed by atoms with Crippen LogP contribution in [0.5, 0.6) is 0 Å². The predicted octanol–water partition coefficient (Wildman–Crippen LogP) is 1.73. The number of benzene rings is 1. The summed E-state index contributed by atoms with van der Waals surface area (Å²) < 4.78 is 18.3. The molecule has 0 spiro atoms. The predicted molar refractivity (Wildman–Crippen MR) is 67.3 cm³/mol. The fourth-order valence-electron chi connectivity index (χ4n) is 2.15. The van der Waals surface area contributed by atoms with Crippen molar-refractivity contribution in [1.82, 2.24) is 4.90 Å². The molecule has 4 nitrogen and oxygen atoms in total. The summed E-state index contributed by atoms with van der Waals surface area (Å²) in [7, 11) is 3.34. The summed E-state index contributed by atoms with van der Waals surface area (Å²) >= 11 is 0. The molecule has 1 aromatic carbocycles. The Kier molecular flexibility index (Phi) is 3.81. The molecule has 1 heterocycles. The molecule has 1 saturated heterocycles. The maximum Gasteiger partial charge on any atom is 0.337 e. The van der Waals surface area contributed by atoms with Gasteiger partial charge in [-0.05, 0) is 38.2 Å².